The molecule has 1 aromatic carbocycles. The lowest BCUT2D eigenvalue weighted by Gasteiger charge is -2.33. The zero-order valence-electron chi connectivity index (χ0n) is 9.09. The molecule has 0 radical (unpaired) electrons. The Hall–Kier alpha value is -1.13. The second-order valence-electron chi connectivity index (χ2n) is 4.09. The van der Waals surface area contributed by atoms with Gasteiger partial charge in [0.15, 0.2) is 11.6 Å². The maximum absolute atomic E-state index is 13.6. The third kappa shape index (κ3) is 2.42. The lowest BCUT2D eigenvalue weighted by atomic mass is 10.0. The summed E-state index contributed by atoms with van der Waals surface area (Å²) in [6, 6.07) is 2.13. The Morgan fingerprint density at radius 2 is 1.94 bits per heavy atom. The van der Waals surface area contributed by atoms with Gasteiger partial charge in [0.1, 0.15) is 5.69 Å². The molecular formula is C12H12ClF2NO. The number of piperidine rings is 1. The van der Waals surface area contributed by atoms with Crippen LogP contribution >= 0.6 is 11.6 Å². The van der Waals surface area contributed by atoms with E-state index in [9.17, 15) is 13.9 Å². The molecule has 2 nitrogen and oxygen atoms in total. The summed E-state index contributed by atoms with van der Waals surface area (Å²) in [7, 11) is 0. The van der Waals surface area contributed by atoms with E-state index in [0.29, 0.717) is 18.5 Å². The monoisotopic (exact) mass is 259 g/mol. The quantitative estimate of drug-likeness (QED) is 0.784. The van der Waals surface area contributed by atoms with E-state index in [4.69, 9.17) is 11.6 Å². The molecule has 1 aromatic rings. The van der Waals surface area contributed by atoms with Crippen molar-refractivity contribution >= 4 is 17.3 Å². The van der Waals surface area contributed by atoms with Crippen LogP contribution in [0.25, 0.3) is 0 Å². The van der Waals surface area contributed by atoms with Crippen molar-refractivity contribution in [2.75, 3.05) is 18.0 Å². The molecule has 5 heteroatoms. The predicted molar refractivity (Wildman–Crippen MR) is 63.3 cm³/mol. The molecule has 1 saturated heterocycles. The van der Waals surface area contributed by atoms with Crippen LogP contribution in [-0.2, 0) is 0 Å². The van der Waals surface area contributed by atoms with Gasteiger partial charge in [0.25, 0.3) is 0 Å². The fourth-order valence-electron chi connectivity index (χ4n) is 1.91. The van der Waals surface area contributed by atoms with Crippen LogP contribution in [0.5, 0.6) is 0 Å². The molecular weight excluding hydrogens is 248 g/mol. The van der Waals surface area contributed by atoms with Crippen LogP contribution in [0.1, 0.15) is 6.42 Å². The third-order valence-corrected chi connectivity index (χ3v) is 3.08. The average Bonchev–Trinajstić information content (AvgIpc) is 2.21. The highest BCUT2D eigenvalue weighted by atomic mass is 35.5. The highest BCUT2D eigenvalue weighted by molar-refractivity contribution is 6.30. The van der Waals surface area contributed by atoms with Gasteiger partial charge in [-0.3, -0.25) is 0 Å². The largest absolute Gasteiger partial charge is 0.387 e. The molecule has 1 aliphatic rings. The minimum Gasteiger partial charge on any atom is -0.387 e. The smallest absolute Gasteiger partial charge is 0.151 e. The van der Waals surface area contributed by atoms with Crippen molar-refractivity contribution in [3.8, 4) is 0 Å². The molecule has 0 saturated carbocycles. The van der Waals surface area contributed by atoms with E-state index < -0.39 is 17.7 Å². The number of aliphatic hydroxyl groups is 1. The standard InChI is InChI=1S/C12H12ClF2NO/c1-7-2-3-16(6-11(7)17)12-9(14)4-8(13)5-10(12)15/h4-5,11,17H,1-3,6H2/t11-/m1/s1. The summed E-state index contributed by atoms with van der Waals surface area (Å²) in [5, 5.41) is 9.65. The molecule has 1 N–H and O–H groups in total. The molecule has 0 bridgehead atoms. The Morgan fingerprint density at radius 1 is 1.35 bits per heavy atom. The number of halogens is 3. The van der Waals surface area contributed by atoms with Crippen molar-refractivity contribution in [1.29, 1.82) is 0 Å². The molecule has 1 aliphatic heterocycles. The summed E-state index contributed by atoms with van der Waals surface area (Å²) in [5.41, 5.74) is 0.553. The van der Waals surface area contributed by atoms with Crippen molar-refractivity contribution in [2.24, 2.45) is 0 Å². The van der Waals surface area contributed by atoms with Gasteiger partial charge in [-0.25, -0.2) is 8.78 Å². The van der Waals surface area contributed by atoms with Crippen LogP contribution < -0.4 is 4.90 Å². The zero-order valence-corrected chi connectivity index (χ0v) is 9.84. The van der Waals surface area contributed by atoms with E-state index in [-0.39, 0.29) is 17.3 Å². The minimum absolute atomic E-state index is 0.0192. The van der Waals surface area contributed by atoms with Gasteiger partial charge >= 0.3 is 0 Å². The first-order valence-corrected chi connectivity index (χ1v) is 5.62. The molecule has 92 valence electrons. The second-order valence-corrected chi connectivity index (χ2v) is 4.52. The maximum atomic E-state index is 13.6. The van der Waals surface area contributed by atoms with Crippen LogP contribution in [-0.4, -0.2) is 24.3 Å². The molecule has 17 heavy (non-hydrogen) atoms. The number of hydrogen-bond acceptors (Lipinski definition) is 2. The van der Waals surface area contributed by atoms with Gasteiger partial charge in [0.2, 0.25) is 0 Å². The van der Waals surface area contributed by atoms with E-state index in [2.05, 4.69) is 6.58 Å². The molecule has 1 atom stereocenters. The third-order valence-electron chi connectivity index (χ3n) is 2.87. The van der Waals surface area contributed by atoms with E-state index >= 15 is 0 Å². The van der Waals surface area contributed by atoms with E-state index in [1.807, 2.05) is 0 Å². The number of benzene rings is 1. The second kappa shape index (κ2) is 4.63. The van der Waals surface area contributed by atoms with Crippen LogP contribution in [0.3, 0.4) is 0 Å². The molecule has 2 rings (SSSR count). The van der Waals surface area contributed by atoms with Gasteiger partial charge in [0, 0.05) is 18.1 Å². The predicted octanol–water partition coefficient (Wildman–Crippen LogP) is 2.75. The van der Waals surface area contributed by atoms with E-state index in [1.165, 1.54) is 4.90 Å². The van der Waals surface area contributed by atoms with Crippen molar-refractivity contribution in [1.82, 2.24) is 0 Å². The summed E-state index contributed by atoms with van der Waals surface area (Å²) in [6.45, 7) is 4.28. The first kappa shape index (κ1) is 12.3. The molecule has 0 amide bonds. The molecule has 0 aliphatic carbocycles. The minimum atomic E-state index is -0.752. The Kier molecular flexibility index (Phi) is 3.35. The number of anilines is 1. The van der Waals surface area contributed by atoms with Gasteiger partial charge in [-0.1, -0.05) is 18.2 Å². The van der Waals surface area contributed by atoms with Gasteiger partial charge < -0.3 is 10.0 Å². The maximum Gasteiger partial charge on any atom is 0.151 e. The lowest BCUT2D eigenvalue weighted by Crippen LogP contribution is -2.40. The topological polar surface area (TPSA) is 23.5 Å². The van der Waals surface area contributed by atoms with Crippen LogP contribution in [0, 0.1) is 11.6 Å². The van der Waals surface area contributed by atoms with Crippen molar-refractivity contribution < 1.29 is 13.9 Å². The van der Waals surface area contributed by atoms with Gasteiger partial charge in [0.05, 0.1) is 6.10 Å². The summed E-state index contributed by atoms with van der Waals surface area (Å²) in [5.74, 6) is -1.43. The number of aliphatic hydroxyl groups excluding tert-OH is 1. The number of hydrogen-bond donors (Lipinski definition) is 1. The van der Waals surface area contributed by atoms with Gasteiger partial charge in [-0.05, 0) is 24.1 Å². The van der Waals surface area contributed by atoms with E-state index in [1.54, 1.807) is 0 Å². The highest BCUT2D eigenvalue weighted by Crippen LogP contribution is 2.30. The lowest BCUT2D eigenvalue weighted by molar-refractivity contribution is 0.201. The Morgan fingerprint density at radius 3 is 2.47 bits per heavy atom. The van der Waals surface area contributed by atoms with Crippen molar-refractivity contribution in [3.05, 3.63) is 40.9 Å². The normalized spacial score (nSPS) is 20.8. The zero-order chi connectivity index (χ0) is 12.6. The van der Waals surface area contributed by atoms with Crippen LogP contribution in [0.4, 0.5) is 14.5 Å². The summed E-state index contributed by atoms with van der Waals surface area (Å²) in [6.07, 6.45) is -0.235. The Bertz CT molecular complexity index is 441. The number of nitrogens with zero attached hydrogens (tertiary/aromatic N) is 1. The molecule has 0 spiro atoms. The number of β-amino-alcohol motifs (C(OH)–C–C–N with tert-alkyl or cyclic N) is 1. The fourth-order valence-corrected chi connectivity index (χ4v) is 2.11. The first-order chi connectivity index (χ1) is 7.99. The fraction of sp³-hybridized carbons (Fsp3) is 0.333. The van der Waals surface area contributed by atoms with E-state index in [0.717, 1.165) is 12.1 Å². The highest BCUT2D eigenvalue weighted by Gasteiger charge is 2.25. The summed E-state index contributed by atoms with van der Waals surface area (Å²) in [4.78, 5) is 1.47. The number of rotatable bonds is 1. The van der Waals surface area contributed by atoms with Gasteiger partial charge in [-0.15, -0.1) is 0 Å². The van der Waals surface area contributed by atoms with Crippen molar-refractivity contribution in [2.45, 2.75) is 12.5 Å². The average molecular weight is 260 g/mol. The Balaban J connectivity index is 2.32. The summed E-state index contributed by atoms with van der Waals surface area (Å²) >= 11 is 5.55. The first-order valence-electron chi connectivity index (χ1n) is 5.24. The molecule has 0 aromatic heterocycles. The molecule has 0 unspecified atom stereocenters. The van der Waals surface area contributed by atoms with Crippen molar-refractivity contribution in [3.63, 3.8) is 0 Å². The molecule has 1 fully saturated rings. The van der Waals surface area contributed by atoms with Gasteiger partial charge in [-0.2, -0.15) is 0 Å². The SMILES string of the molecule is C=C1CCN(c2c(F)cc(Cl)cc2F)C[C@H]1O. The van der Waals surface area contributed by atoms with Crippen LogP contribution in [0.15, 0.2) is 24.3 Å². The summed E-state index contributed by atoms with van der Waals surface area (Å²) < 4.78 is 27.3. The Labute approximate surface area is 103 Å². The van der Waals surface area contributed by atoms with Crippen LogP contribution in [0.2, 0.25) is 5.02 Å². The molecule has 1 heterocycles.